The maximum Gasteiger partial charge on any atom is 0.259 e. The zero-order valence-corrected chi connectivity index (χ0v) is 15.7. The van der Waals surface area contributed by atoms with Crippen molar-refractivity contribution in [2.24, 2.45) is 5.92 Å². The van der Waals surface area contributed by atoms with Gasteiger partial charge in [-0.1, -0.05) is 0 Å². The molecule has 1 aliphatic carbocycles. The summed E-state index contributed by atoms with van der Waals surface area (Å²) in [4.78, 5) is 22.7. The molecule has 0 bridgehead atoms. The van der Waals surface area contributed by atoms with Crippen molar-refractivity contribution in [3.05, 3.63) is 40.2 Å². The van der Waals surface area contributed by atoms with E-state index >= 15 is 0 Å². The van der Waals surface area contributed by atoms with Crippen LogP contribution in [0.1, 0.15) is 45.8 Å². The number of thiazole rings is 1. The van der Waals surface area contributed by atoms with Gasteiger partial charge in [-0.25, -0.2) is 4.98 Å². The minimum absolute atomic E-state index is 0. The molecule has 0 saturated carbocycles. The summed E-state index contributed by atoms with van der Waals surface area (Å²) in [6, 6.07) is 1.97. The molecular formula is C18H23ClN4OS. The van der Waals surface area contributed by atoms with Crippen LogP contribution in [0, 0.1) is 5.92 Å². The van der Waals surface area contributed by atoms with E-state index in [-0.39, 0.29) is 18.3 Å². The maximum absolute atomic E-state index is 12.5. The van der Waals surface area contributed by atoms with Gasteiger partial charge >= 0.3 is 0 Å². The number of fused-ring (bicyclic) bond motifs is 1. The van der Waals surface area contributed by atoms with Crippen LogP contribution in [0.25, 0.3) is 0 Å². The Morgan fingerprint density at radius 3 is 3.00 bits per heavy atom. The van der Waals surface area contributed by atoms with Crippen LogP contribution in [0.3, 0.4) is 0 Å². The third-order valence-corrected chi connectivity index (χ3v) is 5.88. The summed E-state index contributed by atoms with van der Waals surface area (Å²) >= 11 is 1.62. The van der Waals surface area contributed by atoms with Crippen molar-refractivity contribution in [2.45, 2.75) is 38.5 Å². The van der Waals surface area contributed by atoms with Crippen LogP contribution in [0.5, 0.6) is 0 Å². The van der Waals surface area contributed by atoms with Gasteiger partial charge in [0.05, 0.1) is 11.3 Å². The largest absolute Gasteiger partial charge is 0.316 e. The average molecular weight is 379 g/mol. The lowest BCUT2D eigenvalue weighted by Gasteiger charge is -2.09. The van der Waals surface area contributed by atoms with Crippen molar-refractivity contribution < 1.29 is 4.79 Å². The first-order valence-corrected chi connectivity index (χ1v) is 9.54. The van der Waals surface area contributed by atoms with E-state index in [2.05, 4.69) is 20.6 Å². The van der Waals surface area contributed by atoms with E-state index in [1.807, 2.05) is 12.3 Å². The molecule has 3 heterocycles. The van der Waals surface area contributed by atoms with Crippen molar-refractivity contribution >= 4 is 34.8 Å². The van der Waals surface area contributed by atoms with Gasteiger partial charge < -0.3 is 5.32 Å². The highest BCUT2D eigenvalue weighted by Gasteiger charge is 2.18. The molecule has 1 aliphatic heterocycles. The number of anilines is 1. The number of aryl methyl sites for hydroxylation is 2. The molecule has 2 N–H and O–H groups in total. The van der Waals surface area contributed by atoms with E-state index in [1.54, 1.807) is 17.5 Å². The predicted molar refractivity (Wildman–Crippen MR) is 103 cm³/mol. The molecule has 25 heavy (non-hydrogen) atoms. The molecule has 1 fully saturated rings. The lowest BCUT2D eigenvalue weighted by molar-refractivity contribution is 0.102. The number of halogens is 1. The Kier molecular flexibility index (Phi) is 6.04. The number of pyridine rings is 1. The summed E-state index contributed by atoms with van der Waals surface area (Å²) in [7, 11) is 0. The molecule has 1 atom stereocenters. The molecule has 1 saturated heterocycles. The van der Waals surface area contributed by atoms with Crippen LogP contribution < -0.4 is 10.6 Å². The van der Waals surface area contributed by atoms with Gasteiger partial charge in [0, 0.05) is 17.3 Å². The van der Waals surface area contributed by atoms with Crippen LogP contribution in [0.2, 0.25) is 0 Å². The van der Waals surface area contributed by atoms with Crippen molar-refractivity contribution in [2.75, 3.05) is 18.4 Å². The number of amides is 1. The zero-order chi connectivity index (χ0) is 16.4. The van der Waals surface area contributed by atoms with E-state index in [9.17, 15) is 4.79 Å². The van der Waals surface area contributed by atoms with Crippen LogP contribution in [-0.2, 0) is 19.3 Å². The fourth-order valence-electron chi connectivity index (χ4n) is 3.52. The molecule has 7 heteroatoms. The van der Waals surface area contributed by atoms with E-state index < -0.39 is 0 Å². The number of carbonyl (C=O) groups excluding carboxylic acids is 1. The van der Waals surface area contributed by atoms with Gasteiger partial charge in [-0.2, -0.15) is 0 Å². The van der Waals surface area contributed by atoms with Crippen LogP contribution in [0.4, 0.5) is 5.13 Å². The first kappa shape index (κ1) is 18.3. The summed E-state index contributed by atoms with van der Waals surface area (Å²) in [6.07, 6.45) is 10.2. The number of carbonyl (C=O) groups is 1. The number of aromatic nitrogens is 2. The molecule has 1 amide bonds. The molecule has 0 aromatic carbocycles. The summed E-state index contributed by atoms with van der Waals surface area (Å²) < 4.78 is 0. The highest BCUT2D eigenvalue weighted by Crippen LogP contribution is 2.29. The van der Waals surface area contributed by atoms with Crippen LogP contribution in [0.15, 0.2) is 18.5 Å². The molecule has 0 spiro atoms. The monoisotopic (exact) mass is 378 g/mol. The molecule has 4 rings (SSSR count). The van der Waals surface area contributed by atoms with E-state index in [4.69, 9.17) is 0 Å². The Labute approximate surface area is 158 Å². The minimum Gasteiger partial charge on any atom is -0.316 e. The fraction of sp³-hybridized carbons (Fsp3) is 0.500. The molecule has 1 unspecified atom stereocenters. The topological polar surface area (TPSA) is 66.9 Å². The smallest absolute Gasteiger partial charge is 0.259 e. The van der Waals surface area contributed by atoms with Gasteiger partial charge in [0.2, 0.25) is 0 Å². The van der Waals surface area contributed by atoms with E-state index in [0.717, 1.165) is 43.0 Å². The standard InChI is InChI=1S/C18H22N4OS.ClH/c23-17(22-18-21-15-3-1-2-4-16(15)24-18)14-8-13(10-20-11-14)7-12-5-6-19-9-12;/h8,10-12,19H,1-7,9H2,(H,21,22,23);1H. The molecule has 2 aromatic rings. The Morgan fingerprint density at radius 1 is 1.32 bits per heavy atom. The summed E-state index contributed by atoms with van der Waals surface area (Å²) in [5.74, 6) is 0.538. The molecular weight excluding hydrogens is 356 g/mol. The second kappa shape index (κ2) is 8.25. The number of rotatable bonds is 4. The van der Waals surface area contributed by atoms with Gasteiger partial charge in [0.1, 0.15) is 0 Å². The lowest BCUT2D eigenvalue weighted by Crippen LogP contribution is -2.14. The third kappa shape index (κ3) is 4.37. The molecule has 2 aromatic heterocycles. The summed E-state index contributed by atoms with van der Waals surface area (Å²) in [6.45, 7) is 2.15. The Morgan fingerprint density at radius 2 is 2.20 bits per heavy atom. The van der Waals surface area contributed by atoms with Crippen LogP contribution in [-0.4, -0.2) is 29.0 Å². The number of nitrogens with one attached hydrogen (secondary N) is 2. The van der Waals surface area contributed by atoms with Crippen molar-refractivity contribution in [1.82, 2.24) is 15.3 Å². The van der Waals surface area contributed by atoms with Gasteiger partial charge in [-0.15, -0.1) is 23.7 Å². The van der Waals surface area contributed by atoms with E-state index in [0.29, 0.717) is 11.5 Å². The minimum atomic E-state index is -0.111. The summed E-state index contributed by atoms with van der Waals surface area (Å²) in [5.41, 5.74) is 2.92. The number of nitrogens with zero attached hydrogens (tertiary/aromatic N) is 2. The summed E-state index contributed by atoms with van der Waals surface area (Å²) in [5, 5.41) is 7.05. The fourth-order valence-corrected chi connectivity index (χ4v) is 4.57. The molecule has 2 aliphatic rings. The first-order chi connectivity index (χ1) is 11.8. The number of hydrogen-bond donors (Lipinski definition) is 2. The van der Waals surface area contributed by atoms with Gasteiger partial charge in [-0.3, -0.25) is 15.1 Å². The molecule has 5 nitrogen and oxygen atoms in total. The molecule has 134 valence electrons. The first-order valence-electron chi connectivity index (χ1n) is 8.72. The Bertz CT molecular complexity index is 719. The maximum atomic E-state index is 12.5. The van der Waals surface area contributed by atoms with Gasteiger partial charge in [0.15, 0.2) is 5.13 Å². The lowest BCUT2D eigenvalue weighted by atomic mass is 9.99. The second-order valence-electron chi connectivity index (χ2n) is 6.69. The quantitative estimate of drug-likeness (QED) is 0.857. The highest BCUT2D eigenvalue weighted by molar-refractivity contribution is 7.15. The highest BCUT2D eigenvalue weighted by atomic mass is 35.5. The Hall–Kier alpha value is -1.50. The Balaban J connectivity index is 0.00000182. The number of hydrogen-bond acceptors (Lipinski definition) is 5. The van der Waals surface area contributed by atoms with Crippen molar-refractivity contribution in [1.29, 1.82) is 0 Å². The van der Waals surface area contributed by atoms with Crippen molar-refractivity contribution in [3.8, 4) is 0 Å². The average Bonchev–Trinajstić information content (AvgIpc) is 3.24. The van der Waals surface area contributed by atoms with Gasteiger partial charge in [-0.05, 0) is 69.2 Å². The van der Waals surface area contributed by atoms with Crippen molar-refractivity contribution in [3.63, 3.8) is 0 Å². The molecule has 0 radical (unpaired) electrons. The SMILES string of the molecule is Cl.O=C(Nc1nc2c(s1)CCCC2)c1cncc(CC2CCNC2)c1. The van der Waals surface area contributed by atoms with Gasteiger partial charge in [0.25, 0.3) is 5.91 Å². The predicted octanol–water partition coefficient (Wildman–Crippen LogP) is 3.24. The zero-order valence-electron chi connectivity index (χ0n) is 14.1. The second-order valence-corrected chi connectivity index (χ2v) is 7.78. The normalized spacial score (nSPS) is 19.1. The van der Waals surface area contributed by atoms with E-state index in [1.165, 1.54) is 29.8 Å². The van der Waals surface area contributed by atoms with Crippen LogP contribution >= 0.6 is 23.7 Å². The third-order valence-electron chi connectivity index (χ3n) is 4.81.